The van der Waals surface area contributed by atoms with E-state index in [0.29, 0.717) is 4.47 Å². The maximum absolute atomic E-state index is 5.65. The van der Waals surface area contributed by atoms with Crippen LogP contribution in [0.15, 0.2) is 0 Å². The third kappa shape index (κ3) is 3.74. The average molecular weight is 223 g/mol. The van der Waals surface area contributed by atoms with Crippen molar-refractivity contribution in [2.75, 3.05) is 0 Å². The van der Waals surface area contributed by atoms with Crippen LogP contribution >= 0.6 is 34.9 Å². The lowest BCUT2D eigenvalue weighted by molar-refractivity contribution is 0.801. The first-order valence-electron chi connectivity index (χ1n) is 3.59. The fraction of sp³-hybridized carbons (Fsp3) is 0.714. The Bertz CT molecular complexity index is 254. The lowest BCUT2D eigenvalue weighted by atomic mass is 10.3. The number of halogens is 1. The topological polar surface area (TPSA) is 25.8 Å². The largest absolute Gasteiger partial charge is 0.207 e. The zero-order chi connectivity index (χ0) is 9.19. The molecule has 0 radical (unpaired) electrons. The molecule has 1 aromatic heterocycles. The number of hydrogen-bond donors (Lipinski definition) is 0. The Morgan fingerprint density at radius 1 is 1.50 bits per heavy atom. The van der Waals surface area contributed by atoms with Crippen molar-refractivity contribution in [2.45, 2.75) is 31.3 Å². The van der Waals surface area contributed by atoms with Gasteiger partial charge in [0.25, 0.3) is 0 Å². The van der Waals surface area contributed by atoms with Gasteiger partial charge in [0, 0.05) is 4.75 Å². The first-order chi connectivity index (χ1) is 5.47. The zero-order valence-corrected chi connectivity index (χ0v) is 9.68. The van der Waals surface area contributed by atoms with E-state index in [1.54, 1.807) is 0 Å². The van der Waals surface area contributed by atoms with Crippen molar-refractivity contribution in [3.63, 3.8) is 0 Å². The molecule has 0 atom stereocenters. The molecule has 1 aromatic rings. The summed E-state index contributed by atoms with van der Waals surface area (Å²) < 4.78 is 4.89. The predicted octanol–water partition coefficient (Wildman–Crippen LogP) is 3.22. The number of nitrogens with zero attached hydrogens (tertiary/aromatic N) is 2. The Morgan fingerprint density at radius 3 is 2.58 bits per heavy atom. The first kappa shape index (κ1) is 10.3. The summed E-state index contributed by atoms with van der Waals surface area (Å²) in [7, 11) is 0. The maximum atomic E-state index is 5.65. The van der Waals surface area contributed by atoms with Crippen LogP contribution in [0.1, 0.15) is 26.6 Å². The minimum absolute atomic E-state index is 0.262. The fourth-order valence-electron chi connectivity index (χ4n) is 0.572. The Balaban J connectivity index is 2.44. The van der Waals surface area contributed by atoms with Crippen molar-refractivity contribution < 1.29 is 0 Å². The van der Waals surface area contributed by atoms with Crippen LogP contribution in [-0.4, -0.2) is 14.1 Å². The molecule has 0 bridgehead atoms. The molecule has 5 heteroatoms. The van der Waals surface area contributed by atoms with E-state index in [4.69, 9.17) is 11.6 Å². The lowest BCUT2D eigenvalue weighted by Gasteiger charge is -2.15. The highest BCUT2D eigenvalue weighted by atomic mass is 35.5. The Morgan fingerprint density at radius 2 is 2.17 bits per heavy atom. The summed E-state index contributed by atoms with van der Waals surface area (Å²) in [5.41, 5.74) is 0. The summed E-state index contributed by atoms with van der Waals surface area (Å²) in [6.07, 6.45) is 0. The van der Waals surface area contributed by atoms with E-state index in [1.807, 2.05) is 11.8 Å². The van der Waals surface area contributed by atoms with Crippen molar-refractivity contribution in [3.8, 4) is 0 Å². The second-order valence-electron chi connectivity index (χ2n) is 3.36. The maximum Gasteiger partial charge on any atom is 0.203 e. The lowest BCUT2D eigenvalue weighted by Crippen LogP contribution is -2.07. The highest BCUT2D eigenvalue weighted by Gasteiger charge is 2.12. The summed E-state index contributed by atoms with van der Waals surface area (Å²) in [5.74, 6) is 1.68. The quantitative estimate of drug-likeness (QED) is 0.769. The highest BCUT2D eigenvalue weighted by Crippen LogP contribution is 2.26. The van der Waals surface area contributed by atoms with Gasteiger partial charge in [-0.05, 0) is 23.1 Å². The number of rotatable bonds is 2. The van der Waals surface area contributed by atoms with Crippen LogP contribution in [-0.2, 0) is 5.75 Å². The molecule has 0 aromatic carbocycles. The molecule has 0 fully saturated rings. The standard InChI is InChI=1S/C7H11ClN2S2/c1-7(2,3)11-4-5-9-6(8)12-10-5/h4H2,1-3H3. The molecule has 0 unspecified atom stereocenters. The van der Waals surface area contributed by atoms with Crippen molar-refractivity contribution in [1.82, 2.24) is 9.36 Å². The van der Waals surface area contributed by atoms with Gasteiger partial charge in [-0.1, -0.05) is 20.8 Å². The molecule has 0 saturated heterocycles. The van der Waals surface area contributed by atoms with E-state index >= 15 is 0 Å². The van der Waals surface area contributed by atoms with E-state index in [2.05, 4.69) is 30.1 Å². The molecule has 0 N–H and O–H groups in total. The van der Waals surface area contributed by atoms with E-state index in [9.17, 15) is 0 Å². The smallest absolute Gasteiger partial charge is 0.203 e. The summed E-state index contributed by atoms with van der Waals surface area (Å²) in [5, 5.41) is 0. The van der Waals surface area contributed by atoms with E-state index in [0.717, 1.165) is 11.6 Å². The molecular weight excluding hydrogens is 212 g/mol. The minimum atomic E-state index is 0.262. The second-order valence-corrected chi connectivity index (χ2v) is 6.50. The summed E-state index contributed by atoms with van der Waals surface area (Å²) >= 11 is 8.72. The average Bonchev–Trinajstić information content (AvgIpc) is 2.30. The fourth-order valence-corrected chi connectivity index (χ4v) is 1.98. The molecule has 0 aliphatic heterocycles. The summed E-state index contributed by atoms with van der Waals surface area (Å²) in [6, 6.07) is 0. The van der Waals surface area contributed by atoms with Gasteiger partial charge in [0.15, 0.2) is 5.82 Å². The molecule has 12 heavy (non-hydrogen) atoms. The molecule has 68 valence electrons. The van der Waals surface area contributed by atoms with Gasteiger partial charge < -0.3 is 0 Å². The first-order valence-corrected chi connectivity index (χ1v) is 5.73. The number of thioether (sulfide) groups is 1. The van der Waals surface area contributed by atoms with Crippen molar-refractivity contribution in [3.05, 3.63) is 10.3 Å². The van der Waals surface area contributed by atoms with Crippen LogP contribution in [0.4, 0.5) is 0 Å². The third-order valence-electron chi connectivity index (χ3n) is 1.08. The Labute approximate surface area is 85.9 Å². The van der Waals surface area contributed by atoms with Gasteiger partial charge in [0.2, 0.25) is 4.47 Å². The summed E-state index contributed by atoms with van der Waals surface area (Å²) in [4.78, 5) is 4.07. The molecule has 0 aliphatic rings. The van der Waals surface area contributed by atoms with Gasteiger partial charge in [-0.2, -0.15) is 4.37 Å². The number of hydrogen-bond acceptors (Lipinski definition) is 4. The van der Waals surface area contributed by atoms with E-state index < -0.39 is 0 Å². The third-order valence-corrected chi connectivity index (χ3v) is 3.18. The Hall–Kier alpha value is 0.200. The Kier molecular flexibility index (Phi) is 3.37. The van der Waals surface area contributed by atoms with Crippen LogP contribution in [0.2, 0.25) is 4.47 Å². The van der Waals surface area contributed by atoms with Crippen LogP contribution in [0.3, 0.4) is 0 Å². The van der Waals surface area contributed by atoms with Gasteiger partial charge in [-0.3, -0.25) is 0 Å². The molecule has 0 saturated carbocycles. The van der Waals surface area contributed by atoms with Gasteiger partial charge >= 0.3 is 0 Å². The molecule has 2 nitrogen and oxygen atoms in total. The zero-order valence-electron chi connectivity index (χ0n) is 7.30. The normalized spacial score (nSPS) is 12.0. The van der Waals surface area contributed by atoms with Crippen LogP contribution in [0, 0.1) is 0 Å². The molecule has 0 spiro atoms. The van der Waals surface area contributed by atoms with E-state index in [1.165, 1.54) is 11.5 Å². The van der Waals surface area contributed by atoms with Crippen molar-refractivity contribution >= 4 is 34.9 Å². The van der Waals surface area contributed by atoms with Gasteiger partial charge in [0.05, 0.1) is 5.75 Å². The second kappa shape index (κ2) is 3.94. The van der Waals surface area contributed by atoms with Crippen molar-refractivity contribution in [1.29, 1.82) is 0 Å². The highest BCUT2D eigenvalue weighted by molar-refractivity contribution is 7.99. The van der Waals surface area contributed by atoms with Gasteiger partial charge in [-0.15, -0.1) is 11.8 Å². The van der Waals surface area contributed by atoms with Gasteiger partial charge in [-0.25, -0.2) is 4.98 Å². The van der Waals surface area contributed by atoms with Crippen molar-refractivity contribution in [2.24, 2.45) is 0 Å². The van der Waals surface area contributed by atoms with Crippen LogP contribution in [0.25, 0.3) is 0 Å². The molecule has 1 heterocycles. The molecule has 0 amide bonds. The SMILES string of the molecule is CC(C)(C)SCc1nsc(Cl)n1. The van der Waals surface area contributed by atoms with E-state index in [-0.39, 0.29) is 4.75 Å². The monoisotopic (exact) mass is 222 g/mol. The molecular formula is C7H11ClN2S2. The predicted molar refractivity (Wildman–Crippen MR) is 56.0 cm³/mol. The van der Waals surface area contributed by atoms with Crippen LogP contribution in [0.5, 0.6) is 0 Å². The number of aromatic nitrogens is 2. The molecule has 0 aliphatic carbocycles. The van der Waals surface area contributed by atoms with Gasteiger partial charge in [0.1, 0.15) is 0 Å². The summed E-state index contributed by atoms with van der Waals surface area (Å²) in [6.45, 7) is 6.52. The molecule has 1 rings (SSSR count). The van der Waals surface area contributed by atoms with Crippen LogP contribution < -0.4 is 0 Å². The minimum Gasteiger partial charge on any atom is -0.207 e.